The van der Waals surface area contributed by atoms with Gasteiger partial charge in [0.1, 0.15) is 0 Å². The second-order valence-corrected chi connectivity index (χ2v) is 3.56. The van der Waals surface area contributed by atoms with Gasteiger partial charge in [0.25, 0.3) is 0 Å². The van der Waals surface area contributed by atoms with Gasteiger partial charge in [0, 0.05) is 0 Å². The summed E-state index contributed by atoms with van der Waals surface area (Å²) in [5, 5.41) is 0. The van der Waals surface area contributed by atoms with Gasteiger partial charge in [-0.1, -0.05) is 5.92 Å². The summed E-state index contributed by atoms with van der Waals surface area (Å²) in [5.41, 5.74) is 0. The van der Waals surface area contributed by atoms with Crippen LogP contribution in [0, 0.1) is 12.3 Å². The molecule has 3 nitrogen and oxygen atoms in total. The van der Waals surface area contributed by atoms with E-state index in [1.54, 1.807) is 6.92 Å². The highest BCUT2D eigenvalue weighted by Crippen LogP contribution is 1.80. The third-order valence-electron chi connectivity index (χ3n) is 0.641. The summed E-state index contributed by atoms with van der Waals surface area (Å²) in [7, 11) is -3.13. The summed E-state index contributed by atoms with van der Waals surface area (Å²) in [5.74, 6) is 2.23. The van der Waals surface area contributed by atoms with E-state index in [0.717, 1.165) is 6.26 Å². The van der Waals surface area contributed by atoms with Crippen LogP contribution in [0.1, 0.15) is 6.92 Å². The van der Waals surface area contributed by atoms with Gasteiger partial charge >= 0.3 is 0 Å². The minimum absolute atomic E-state index is 0.417. The monoisotopic (exact) mass is 147 g/mol. The first-order chi connectivity index (χ1) is 3.95. The minimum Gasteiger partial charge on any atom is -0.213 e. The maximum absolute atomic E-state index is 10.4. The van der Waals surface area contributed by atoms with Crippen molar-refractivity contribution in [3.63, 3.8) is 0 Å². The van der Waals surface area contributed by atoms with Gasteiger partial charge in [0.2, 0.25) is 10.0 Å². The summed E-state index contributed by atoms with van der Waals surface area (Å²) in [6.07, 6.45) is 5.97. The Kier molecular flexibility index (Phi) is 2.68. The molecule has 0 aliphatic heterocycles. The molecular formula is C5H9NO2S. The summed E-state index contributed by atoms with van der Waals surface area (Å²) in [4.78, 5) is 0. The molecule has 0 fully saturated rings. The Labute approximate surface area is 55.5 Å². The average molecular weight is 147 g/mol. The van der Waals surface area contributed by atoms with Gasteiger partial charge in [0.15, 0.2) is 0 Å². The molecule has 52 valence electrons. The van der Waals surface area contributed by atoms with Crippen LogP contribution in [0.4, 0.5) is 0 Å². The van der Waals surface area contributed by atoms with Crippen LogP contribution in [0.5, 0.6) is 0 Å². The molecule has 0 aromatic heterocycles. The molecule has 1 atom stereocenters. The zero-order valence-electron chi connectivity index (χ0n) is 5.38. The molecule has 1 N–H and O–H groups in total. The molecular weight excluding hydrogens is 138 g/mol. The molecule has 0 unspecified atom stereocenters. The minimum atomic E-state index is -3.13. The highest BCUT2D eigenvalue weighted by atomic mass is 32.2. The third-order valence-corrected chi connectivity index (χ3v) is 1.42. The Bertz CT molecular complexity index is 212. The summed E-state index contributed by atoms with van der Waals surface area (Å²) in [6.45, 7) is 1.60. The molecule has 0 saturated carbocycles. The second kappa shape index (κ2) is 2.85. The zero-order chi connectivity index (χ0) is 7.49. The zero-order valence-corrected chi connectivity index (χ0v) is 6.20. The predicted molar refractivity (Wildman–Crippen MR) is 36.3 cm³/mol. The quantitative estimate of drug-likeness (QED) is 0.538. The first-order valence-electron chi connectivity index (χ1n) is 2.39. The van der Waals surface area contributed by atoms with E-state index in [1.807, 2.05) is 0 Å². The van der Waals surface area contributed by atoms with Gasteiger partial charge in [-0.25, -0.2) is 13.1 Å². The van der Waals surface area contributed by atoms with Crippen molar-refractivity contribution in [3.8, 4) is 12.3 Å². The van der Waals surface area contributed by atoms with Crippen LogP contribution in [0.3, 0.4) is 0 Å². The van der Waals surface area contributed by atoms with Crippen molar-refractivity contribution < 1.29 is 8.42 Å². The number of terminal acetylenes is 1. The molecule has 0 amide bonds. The number of nitrogens with one attached hydrogen (secondary N) is 1. The first kappa shape index (κ1) is 8.47. The molecule has 0 aliphatic carbocycles. The van der Waals surface area contributed by atoms with E-state index in [2.05, 4.69) is 10.6 Å². The lowest BCUT2D eigenvalue weighted by Gasteiger charge is -2.02. The fourth-order valence-corrected chi connectivity index (χ4v) is 1.07. The van der Waals surface area contributed by atoms with Crippen LogP contribution in [0.25, 0.3) is 0 Å². The standard InChI is InChI=1S/C5H9NO2S/c1-4-5(2)6-9(3,7)8/h1,5-6H,2-3H3/t5-/m0/s1. The molecule has 4 heteroatoms. The summed E-state index contributed by atoms with van der Waals surface area (Å²) < 4.78 is 23.0. The van der Waals surface area contributed by atoms with Crippen molar-refractivity contribution in [1.29, 1.82) is 0 Å². The lowest BCUT2D eigenvalue weighted by Crippen LogP contribution is -2.30. The van der Waals surface area contributed by atoms with Crippen LogP contribution < -0.4 is 4.72 Å². The molecule has 0 aliphatic rings. The normalized spacial score (nSPS) is 14.3. The molecule has 0 spiro atoms. The Morgan fingerprint density at radius 3 is 2.22 bits per heavy atom. The molecule has 0 rings (SSSR count). The molecule has 0 aromatic rings. The molecule has 0 aromatic carbocycles. The van der Waals surface area contributed by atoms with Gasteiger partial charge < -0.3 is 0 Å². The number of sulfonamides is 1. The Morgan fingerprint density at radius 2 is 2.11 bits per heavy atom. The molecule has 0 radical (unpaired) electrons. The lowest BCUT2D eigenvalue weighted by molar-refractivity contribution is 0.584. The third kappa shape index (κ3) is 5.34. The van der Waals surface area contributed by atoms with Crippen LogP contribution in [-0.4, -0.2) is 20.7 Å². The molecule has 0 saturated heterocycles. The van der Waals surface area contributed by atoms with E-state index in [-0.39, 0.29) is 0 Å². The number of hydrogen-bond acceptors (Lipinski definition) is 2. The van der Waals surface area contributed by atoms with E-state index in [0.29, 0.717) is 0 Å². The number of hydrogen-bond donors (Lipinski definition) is 1. The van der Waals surface area contributed by atoms with Crippen molar-refractivity contribution >= 4 is 10.0 Å². The van der Waals surface area contributed by atoms with E-state index in [1.165, 1.54) is 0 Å². The lowest BCUT2D eigenvalue weighted by atomic mass is 10.4. The second-order valence-electron chi connectivity index (χ2n) is 1.78. The van der Waals surface area contributed by atoms with Gasteiger partial charge in [-0.15, -0.1) is 6.42 Å². The SMILES string of the molecule is C#C[C@H](C)NS(C)(=O)=O. The highest BCUT2D eigenvalue weighted by molar-refractivity contribution is 7.88. The number of rotatable bonds is 2. The van der Waals surface area contributed by atoms with E-state index >= 15 is 0 Å². The molecule has 0 bridgehead atoms. The van der Waals surface area contributed by atoms with Crippen molar-refractivity contribution in [1.82, 2.24) is 4.72 Å². The largest absolute Gasteiger partial charge is 0.213 e. The maximum atomic E-state index is 10.4. The van der Waals surface area contributed by atoms with Crippen molar-refractivity contribution in [3.05, 3.63) is 0 Å². The van der Waals surface area contributed by atoms with Crippen LogP contribution >= 0.6 is 0 Å². The fourth-order valence-electron chi connectivity index (χ4n) is 0.355. The van der Waals surface area contributed by atoms with Gasteiger partial charge in [-0.05, 0) is 6.92 Å². The van der Waals surface area contributed by atoms with Crippen LogP contribution in [0.15, 0.2) is 0 Å². The summed E-state index contributed by atoms with van der Waals surface area (Å²) >= 11 is 0. The highest BCUT2D eigenvalue weighted by Gasteiger charge is 2.03. The van der Waals surface area contributed by atoms with Crippen molar-refractivity contribution in [2.75, 3.05) is 6.26 Å². The predicted octanol–water partition coefficient (Wildman–Crippen LogP) is -0.443. The topological polar surface area (TPSA) is 46.2 Å². The van der Waals surface area contributed by atoms with Gasteiger partial charge in [0.05, 0.1) is 12.3 Å². The first-order valence-corrected chi connectivity index (χ1v) is 4.28. The van der Waals surface area contributed by atoms with Crippen LogP contribution in [0.2, 0.25) is 0 Å². The molecule has 9 heavy (non-hydrogen) atoms. The fraction of sp³-hybridized carbons (Fsp3) is 0.600. The summed E-state index contributed by atoms with van der Waals surface area (Å²) in [6, 6.07) is -0.417. The van der Waals surface area contributed by atoms with E-state index < -0.39 is 16.1 Å². The Morgan fingerprint density at radius 1 is 1.67 bits per heavy atom. The van der Waals surface area contributed by atoms with Crippen molar-refractivity contribution in [2.45, 2.75) is 13.0 Å². The average Bonchev–Trinajstić information content (AvgIpc) is 1.62. The van der Waals surface area contributed by atoms with Gasteiger partial charge in [-0.3, -0.25) is 0 Å². The van der Waals surface area contributed by atoms with E-state index in [4.69, 9.17) is 6.42 Å². The molecule has 0 heterocycles. The van der Waals surface area contributed by atoms with E-state index in [9.17, 15) is 8.42 Å². The smallest absolute Gasteiger partial charge is 0.209 e. The maximum Gasteiger partial charge on any atom is 0.209 e. The Hall–Kier alpha value is -0.530. The van der Waals surface area contributed by atoms with Gasteiger partial charge in [-0.2, -0.15) is 0 Å². The Balaban J connectivity index is 3.94. The van der Waals surface area contributed by atoms with Crippen LogP contribution in [-0.2, 0) is 10.0 Å². The van der Waals surface area contributed by atoms with Crippen molar-refractivity contribution in [2.24, 2.45) is 0 Å².